The lowest BCUT2D eigenvalue weighted by molar-refractivity contribution is 0.305. The molecule has 0 saturated heterocycles. The van der Waals surface area contributed by atoms with Crippen LogP contribution in [0.1, 0.15) is 29.7 Å². The van der Waals surface area contributed by atoms with Gasteiger partial charge in [0.05, 0.1) is 0 Å². The van der Waals surface area contributed by atoms with E-state index in [1.807, 2.05) is 42.6 Å². The molecule has 4 nitrogen and oxygen atoms in total. The molecule has 2 N–H and O–H groups in total. The van der Waals surface area contributed by atoms with E-state index in [-0.39, 0.29) is 6.04 Å². The minimum atomic E-state index is 0.203. The highest BCUT2D eigenvalue weighted by atomic mass is 16.5. The fourth-order valence-corrected chi connectivity index (χ4v) is 2.56. The molecule has 3 aromatic rings. The summed E-state index contributed by atoms with van der Waals surface area (Å²) in [6.45, 7) is 3.33. The molecule has 4 heteroatoms. The predicted molar refractivity (Wildman–Crippen MR) is 98.4 cm³/mol. The van der Waals surface area contributed by atoms with Gasteiger partial charge in [-0.3, -0.25) is 4.98 Å². The van der Waals surface area contributed by atoms with Crippen LogP contribution in [-0.4, -0.2) is 10.1 Å². The maximum absolute atomic E-state index is 9.51. The van der Waals surface area contributed by atoms with Crippen LogP contribution >= 0.6 is 0 Å². The van der Waals surface area contributed by atoms with Crippen LogP contribution in [0.15, 0.2) is 73.1 Å². The summed E-state index contributed by atoms with van der Waals surface area (Å²) in [4.78, 5) is 4.08. The van der Waals surface area contributed by atoms with E-state index in [0.717, 1.165) is 16.9 Å². The van der Waals surface area contributed by atoms with Gasteiger partial charge in [0.2, 0.25) is 0 Å². The normalized spacial score (nSPS) is 11.9. The zero-order valence-electron chi connectivity index (χ0n) is 14.2. The molecule has 0 saturated carbocycles. The van der Waals surface area contributed by atoms with Gasteiger partial charge in [-0.05, 0) is 48.4 Å². The number of aromatic nitrogens is 1. The number of nitrogens with zero attached hydrogens (tertiary/aromatic N) is 1. The van der Waals surface area contributed by atoms with E-state index in [4.69, 9.17) is 4.74 Å². The Kier molecular flexibility index (Phi) is 5.65. The lowest BCUT2D eigenvalue weighted by atomic mass is 10.1. The third-order valence-corrected chi connectivity index (χ3v) is 4.03. The zero-order valence-corrected chi connectivity index (χ0v) is 14.2. The van der Waals surface area contributed by atoms with E-state index in [0.29, 0.717) is 18.9 Å². The van der Waals surface area contributed by atoms with Crippen LogP contribution in [0.5, 0.6) is 11.5 Å². The topological polar surface area (TPSA) is 54.4 Å². The van der Waals surface area contributed by atoms with Gasteiger partial charge < -0.3 is 15.2 Å². The molecule has 0 aliphatic rings. The summed E-state index contributed by atoms with van der Waals surface area (Å²) >= 11 is 0. The molecular formula is C21H22N2O2. The van der Waals surface area contributed by atoms with Crippen molar-refractivity contribution < 1.29 is 9.84 Å². The molecule has 128 valence electrons. The first-order valence-corrected chi connectivity index (χ1v) is 8.33. The molecule has 25 heavy (non-hydrogen) atoms. The van der Waals surface area contributed by atoms with Crippen LogP contribution in [0.4, 0.5) is 0 Å². The first kappa shape index (κ1) is 17.0. The van der Waals surface area contributed by atoms with Crippen molar-refractivity contribution >= 4 is 0 Å². The van der Waals surface area contributed by atoms with Crippen LogP contribution in [0.3, 0.4) is 0 Å². The molecule has 0 aliphatic carbocycles. The Morgan fingerprint density at radius 1 is 1.04 bits per heavy atom. The van der Waals surface area contributed by atoms with E-state index in [1.54, 1.807) is 18.3 Å². The Morgan fingerprint density at radius 2 is 1.84 bits per heavy atom. The molecule has 0 fully saturated rings. The summed E-state index contributed by atoms with van der Waals surface area (Å²) in [7, 11) is 0. The minimum Gasteiger partial charge on any atom is -0.508 e. The van der Waals surface area contributed by atoms with Gasteiger partial charge in [-0.1, -0.05) is 30.3 Å². The van der Waals surface area contributed by atoms with Gasteiger partial charge >= 0.3 is 0 Å². The molecule has 0 amide bonds. The molecule has 0 radical (unpaired) electrons. The highest BCUT2D eigenvalue weighted by molar-refractivity contribution is 5.30. The Balaban J connectivity index is 1.52. The number of phenolic OH excluding ortho intramolecular Hbond substituents is 1. The van der Waals surface area contributed by atoms with Crippen molar-refractivity contribution in [1.29, 1.82) is 0 Å². The summed E-state index contributed by atoms with van der Waals surface area (Å²) < 4.78 is 5.78. The number of nitrogens with one attached hydrogen (secondary N) is 1. The van der Waals surface area contributed by atoms with Crippen LogP contribution in [0, 0.1) is 0 Å². The van der Waals surface area contributed by atoms with Crippen molar-refractivity contribution in [3.63, 3.8) is 0 Å². The molecule has 0 aliphatic heterocycles. The lowest BCUT2D eigenvalue weighted by Gasteiger charge is -2.15. The van der Waals surface area contributed by atoms with Crippen LogP contribution in [0.2, 0.25) is 0 Å². The average molecular weight is 334 g/mol. The molecule has 0 spiro atoms. The highest BCUT2D eigenvalue weighted by Gasteiger charge is 2.06. The molecule has 3 rings (SSSR count). The van der Waals surface area contributed by atoms with Crippen LogP contribution in [0.25, 0.3) is 0 Å². The number of benzene rings is 2. The van der Waals surface area contributed by atoms with Gasteiger partial charge in [0, 0.05) is 30.5 Å². The van der Waals surface area contributed by atoms with Gasteiger partial charge in [0.25, 0.3) is 0 Å². The fraction of sp³-hybridized carbons (Fsp3) is 0.190. The summed E-state index contributed by atoms with van der Waals surface area (Å²) in [6.07, 6.45) is 3.56. The number of hydrogen-bond acceptors (Lipinski definition) is 4. The van der Waals surface area contributed by atoms with Gasteiger partial charge in [-0.25, -0.2) is 0 Å². The van der Waals surface area contributed by atoms with Gasteiger partial charge in [-0.2, -0.15) is 0 Å². The summed E-state index contributed by atoms with van der Waals surface area (Å²) in [5.41, 5.74) is 3.30. The zero-order chi connectivity index (χ0) is 17.5. The maximum atomic E-state index is 9.51. The quantitative estimate of drug-likeness (QED) is 0.679. The van der Waals surface area contributed by atoms with Crippen LogP contribution in [-0.2, 0) is 13.2 Å². The molecule has 0 unspecified atom stereocenters. The van der Waals surface area contributed by atoms with Crippen molar-refractivity contribution in [2.75, 3.05) is 0 Å². The average Bonchev–Trinajstić information content (AvgIpc) is 2.66. The smallest absolute Gasteiger partial charge is 0.119 e. The van der Waals surface area contributed by atoms with Crippen molar-refractivity contribution in [1.82, 2.24) is 10.3 Å². The third-order valence-electron chi connectivity index (χ3n) is 4.03. The highest BCUT2D eigenvalue weighted by Crippen LogP contribution is 2.19. The van der Waals surface area contributed by atoms with E-state index >= 15 is 0 Å². The first-order valence-electron chi connectivity index (χ1n) is 8.33. The fourth-order valence-electron chi connectivity index (χ4n) is 2.56. The van der Waals surface area contributed by atoms with Crippen molar-refractivity contribution in [2.45, 2.75) is 26.1 Å². The van der Waals surface area contributed by atoms with Gasteiger partial charge in [0.15, 0.2) is 0 Å². The Bertz CT molecular complexity index is 789. The molecule has 1 atom stereocenters. The summed E-state index contributed by atoms with van der Waals surface area (Å²) in [5.74, 6) is 1.13. The minimum absolute atomic E-state index is 0.203. The maximum Gasteiger partial charge on any atom is 0.119 e. The second kappa shape index (κ2) is 8.31. The Hall–Kier alpha value is -2.85. The predicted octanol–water partition coefficient (Wildman–Crippen LogP) is 4.22. The number of pyridine rings is 1. The second-order valence-electron chi connectivity index (χ2n) is 5.99. The van der Waals surface area contributed by atoms with E-state index < -0.39 is 0 Å². The van der Waals surface area contributed by atoms with E-state index in [1.165, 1.54) is 5.56 Å². The number of hydrogen-bond donors (Lipinski definition) is 2. The van der Waals surface area contributed by atoms with Gasteiger partial charge in [-0.15, -0.1) is 0 Å². The van der Waals surface area contributed by atoms with Crippen molar-refractivity contribution in [3.05, 3.63) is 89.7 Å². The van der Waals surface area contributed by atoms with E-state index in [9.17, 15) is 5.11 Å². The standard InChI is InChI=1S/C21H22N2O2/c1-16(23-14-17-4-2-6-20(24)12-17)19-7-9-21(10-8-19)25-15-18-5-3-11-22-13-18/h2-13,16,23-24H,14-15H2,1H3/t16-/m0/s1. The number of rotatable bonds is 7. The third kappa shape index (κ3) is 5.06. The number of aromatic hydroxyl groups is 1. The molecule has 0 bridgehead atoms. The molecule has 1 aromatic heterocycles. The second-order valence-corrected chi connectivity index (χ2v) is 5.99. The Labute approximate surface area is 148 Å². The number of phenols is 1. The molecular weight excluding hydrogens is 312 g/mol. The summed E-state index contributed by atoms with van der Waals surface area (Å²) in [6, 6.07) is 19.5. The van der Waals surface area contributed by atoms with Gasteiger partial charge in [0.1, 0.15) is 18.1 Å². The monoisotopic (exact) mass is 334 g/mol. The summed E-state index contributed by atoms with van der Waals surface area (Å²) in [5, 5.41) is 13.0. The van der Waals surface area contributed by atoms with Crippen molar-refractivity contribution in [2.24, 2.45) is 0 Å². The van der Waals surface area contributed by atoms with Crippen molar-refractivity contribution in [3.8, 4) is 11.5 Å². The Morgan fingerprint density at radius 3 is 2.56 bits per heavy atom. The molecule has 1 heterocycles. The number of ether oxygens (including phenoxy) is 1. The SMILES string of the molecule is C[C@H](NCc1cccc(O)c1)c1ccc(OCc2cccnc2)cc1. The first-order chi connectivity index (χ1) is 12.2. The van der Waals surface area contributed by atoms with Crippen LogP contribution < -0.4 is 10.1 Å². The lowest BCUT2D eigenvalue weighted by Crippen LogP contribution is -2.17. The molecule has 2 aromatic carbocycles. The van der Waals surface area contributed by atoms with E-state index in [2.05, 4.69) is 29.4 Å². The largest absolute Gasteiger partial charge is 0.508 e.